The Morgan fingerprint density at radius 2 is 1.92 bits per heavy atom. The number of rotatable bonds is 6. The maximum absolute atomic E-state index is 12.1. The van der Waals surface area contributed by atoms with Crippen LogP contribution in [0.3, 0.4) is 0 Å². The topological polar surface area (TPSA) is 84.7 Å². The lowest BCUT2D eigenvalue weighted by Crippen LogP contribution is -2.36. The predicted octanol–water partition coefficient (Wildman–Crippen LogP) is 1.39. The van der Waals surface area contributed by atoms with Crippen LogP contribution in [-0.4, -0.2) is 35.1 Å². The van der Waals surface area contributed by atoms with Crippen LogP contribution in [0.2, 0.25) is 0 Å². The number of hydrogen-bond donors (Lipinski definition) is 2. The molecular weight excluding hydrogens is 320 g/mol. The Hall–Kier alpha value is -3.35. The molecule has 2 aromatic heterocycles. The van der Waals surface area contributed by atoms with Gasteiger partial charge in [0.05, 0.1) is 19.2 Å². The van der Waals surface area contributed by atoms with E-state index < -0.39 is 5.91 Å². The molecule has 0 bridgehead atoms. The third-order valence-electron chi connectivity index (χ3n) is 3.68. The van der Waals surface area contributed by atoms with Gasteiger partial charge in [-0.25, -0.2) is 4.52 Å². The van der Waals surface area contributed by atoms with Gasteiger partial charge in [-0.3, -0.25) is 9.59 Å². The summed E-state index contributed by atoms with van der Waals surface area (Å²) in [6.45, 7) is 0.203. The van der Waals surface area contributed by atoms with E-state index >= 15 is 0 Å². The number of benzene rings is 1. The summed E-state index contributed by atoms with van der Waals surface area (Å²) in [4.78, 5) is 24.0. The second-order valence-electron chi connectivity index (χ2n) is 5.37. The number of methoxy groups -OCH3 is 1. The molecular formula is C18H18N4O3. The van der Waals surface area contributed by atoms with Gasteiger partial charge in [0.25, 0.3) is 5.91 Å². The molecule has 128 valence electrons. The summed E-state index contributed by atoms with van der Waals surface area (Å²) in [5, 5.41) is 9.48. The molecule has 2 amide bonds. The second kappa shape index (κ2) is 7.48. The van der Waals surface area contributed by atoms with Gasteiger partial charge >= 0.3 is 0 Å². The highest BCUT2D eigenvalue weighted by atomic mass is 16.5. The Kier molecular flexibility index (Phi) is 4.94. The van der Waals surface area contributed by atoms with Crippen molar-refractivity contribution in [3.63, 3.8) is 0 Å². The molecule has 3 rings (SSSR count). The Morgan fingerprint density at radius 3 is 2.72 bits per heavy atom. The molecule has 0 saturated heterocycles. The van der Waals surface area contributed by atoms with Crippen LogP contribution in [0.5, 0.6) is 5.75 Å². The number of hydrogen-bond acceptors (Lipinski definition) is 4. The highest BCUT2D eigenvalue weighted by molar-refractivity contribution is 5.95. The first-order valence-electron chi connectivity index (χ1n) is 7.78. The van der Waals surface area contributed by atoms with E-state index in [-0.39, 0.29) is 18.1 Å². The monoisotopic (exact) mass is 338 g/mol. The minimum atomic E-state index is -0.392. The van der Waals surface area contributed by atoms with Crippen LogP contribution < -0.4 is 15.4 Å². The third-order valence-corrected chi connectivity index (χ3v) is 3.68. The standard InChI is InChI=1S/C18H18N4O3/c1-25-16-8-3-2-6-13(16)11-19-17(23)12-20-18(24)15-10-14-7-4-5-9-22(14)21-15/h2-10H,11-12H2,1H3,(H,19,23)(H,20,24). The molecule has 7 heteroatoms. The van der Waals surface area contributed by atoms with Gasteiger partial charge in [0.2, 0.25) is 5.91 Å². The number of pyridine rings is 1. The van der Waals surface area contributed by atoms with E-state index in [0.717, 1.165) is 11.1 Å². The van der Waals surface area contributed by atoms with Crippen molar-refractivity contribution in [2.45, 2.75) is 6.54 Å². The minimum Gasteiger partial charge on any atom is -0.496 e. The van der Waals surface area contributed by atoms with Gasteiger partial charge in [0.1, 0.15) is 5.75 Å². The van der Waals surface area contributed by atoms with Crippen molar-refractivity contribution in [1.29, 1.82) is 0 Å². The Bertz CT molecular complexity index is 871. The SMILES string of the molecule is COc1ccccc1CNC(=O)CNC(=O)c1cc2ccccn2n1. The largest absolute Gasteiger partial charge is 0.496 e. The number of ether oxygens (including phenoxy) is 1. The molecule has 2 heterocycles. The zero-order valence-electron chi connectivity index (χ0n) is 13.7. The van der Waals surface area contributed by atoms with E-state index in [1.54, 1.807) is 23.9 Å². The fourth-order valence-corrected chi connectivity index (χ4v) is 2.41. The number of fused-ring (bicyclic) bond motifs is 1. The van der Waals surface area contributed by atoms with Crippen molar-refractivity contribution < 1.29 is 14.3 Å². The molecule has 0 radical (unpaired) electrons. The molecule has 1 aromatic carbocycles. The van der Waals surface area contributed by atoms with Crippen LogP contribution in [0.25, 0.3) is 5.52 Å². The maximum Gasteiger partial charge on any atom is 0.272 e. The van der Waals surface area contributed by atoms with Gasteiger partial charge in [-0.1, -0.05) is 24.3 Å². The highest BCUT2D eigenvalue weighted by Crippen LogP contribution is 2.16. The minimum absolute atomic E-state index is 0.123. The van der Waals surface area contributed by atoms with Gasteiger partial charge in [0.15, 0.2) is 5.69 Å². The lowest BCUT2D eigenvalue weighted by molar-refractivity contribution is -0.120. The lowest BCUT2D eigenvalue weighted by Gasteiger charge is -2.09. The van der Waals surface area contributed by atoms with Crippen LogP contribution in [0.15, 0.2) is 54.7 Å². The summed E-state index contributed by atoms with van der Waals surface area (Å²) in [6.07, 6.45) is 1.76. The molecule has 2 N–H and O–H groups in total. The average molecular weight is 338 g/mol. The van der Waals surface area contributed by atoms with Crippen LogP contribution in [-0.2, 0) is 11.3 Å². The van der Waals surface area contributed by atoms with Crippen LogP contribution in [0.4, 0.5) is 0 Å². The Balaban J connectivity index is 1.52. The van der Waals surface area contributed by atoms with Crippen molar-refractivity contribution in [3.8, 4) is 5.75 Å². The Labute approximate surface area is 144 Å². The molecule has 0 spiro atoms. The first-order valence-corrected chi connectivity index (χ1v) is 7.78. The Morgan fingerprint density at radius 1 is 1.12 bits per heavy atom. The number of nitrogens with one attached hydrogen (secondary N) is 2. The highest BCUT2D eigenvalue weighted by Gasteiger charge is 2.12. The third kappa shape index (κ3) is 3.95. The molecule has 0 atom stereocenters. The van der Waals surface area contributed by atoms with Crippen molar-refractivity contribution in [1.82, 2.24) is 20.2 Å². The fraction of sp³-hybridized carbons (Fsp3) is 0.167. The van der Waals surface area contributed by atoms with Crippen LogP contribution in [0.1, 0.15) is 16.1 Å². The molecule has 25 heavy (non-hydrogen) atoms. The predicted molar refractivity (Wildman–Crippen MR) is 92.4 cm³/mol. The first kappa shape index (κ1) is 16.5. The summed E-state index contributed by atoms with van der Waals surface area (Å²) in [7, 11) is 1.58. The van der Waals surface area contributed by atoms with E-state index in [9.17, 15) is 9.59 Å². The second-order valence-corrected chi connectivity index (χ2v) is 5.37. The summed E-state index contributed by atoms with van der Waals surface area (Å²) < 4.78 is 6.84. The summed E-state index contributed by atoms with van der Waals surface area (Å²) >= 11 is 0. The zero-order valence-corrected chi connectivity index (χ0v) is 13.7. The number of nitrogens with zero attached hydrogens (tertiary/aromatic N) is 2. The smallest absolute Gasteiger partial charge is 0.272 e. The van der Waals surface area contributed by atoms with Crippen molar-refractivity contribution in [3.05, 3.63) is 66.0 Å². The molecule has 0 aliphatic rings. The van der Waals surface area contributed by atoms with Gasteiger partial charge in [0, 0.05) is 18.3 Å². The normalized spacial score (nSPS) is 10.4. The molecule has 0 unspecified atom stereocenters. The van der Waals surface area contributed by atoms with E-state index in [0.29, 0.717) is 12.3 Å². The maximum atomic E-state index is 12.1. The lowest BCUT2D eigenvalue weighted by atomic mass is 10.2. The first-order chi connectivity index (χ1) is 12.2. The van der Waals surface area contributed by atoms with E-state index in [2.05, 4.69) is 15.7 Å². The van der Waals surface area contributed by atoms with Gasteiger partial charge in [-0.15, -0.1) is 0 Å². The molecule has 7 nitrogen and oxygen atoms in total. The van der Waals surface area contributed by atoms with Crippen LogP contribution in [0, 0.1) is 0 Å². The average Bonchev–Trinajstić information content (AvgIpc) is 3.09. The van der Waals surface area contributed by atoms with Crippen LogP contribution >= 0.6 is 0 Å². The molecule has 0 fully saturated rings. The molecule has 3 aromatic rings. The van der Waals surface area contributed by atoms with Crippen molar-refractivity contribution in [2.75, 3.05) is 13.7 Å². The molecule has 0 aliphatic heterocycles. The summed E-state index contributed by atoms with van der Waals surface area (Å²) in [5.74, 6) is 0.0238. The number of para-hydroxylation sites is 1. The summed E-state index contributed by atoms with van der Waals surface area (Å²) in [6, 6.07) is 14.6. The van der Waals surface area contributed by atoms with E-state index in [4.69, 9.17) is 4.74 Å². The fourth-order valence-electron chi connectivity index (χ4n) is 2.41. The van der Waals surface area contributed by atoms with Gasteiger partial charge < -0.3 is 15.4 Å². The summed E-state index contributed by atoms with van der Waals surface area (Å²) in [5.41, 5.74) is 1.95. The number of carbonyl (C=O) groups excluding carboxylic acids is 2. The zero-order chi connectivity index (χ0) is 17.6. The quantitative estimate of drug-likeness (QED) is 0.711. The van der Waals surface area contributed by atoms with Gasteiger partial charge in [-0.2, -0.15) is 5.10 Å². The van der Waals surface area contributed by atoms with E-state index in [1.807, 2.05) is 42.5 Å². The van der Waals surface area contributed by atoms with Crippen molar-refractivity contribution >= 4 is 17.3 Å². The molecule has 0 saturated carbocycles. The molecule has 0 aliphatic carbocycles. The van der Waals surface area contributed by atoms with E-state index in [1.165, 1.54) is 0 Å². The number of aromatic nitrogens is 2. The number of amides is 2. The number of carbonyl (C=O) groups is 2. The van der Waals surface area contributed by atoms with Crippen molar-refractivity contribution in [2.24, 2.45) is 0 Å². The van der Waals surface area contributed by atoms with Gasteiger partial charge in [-0.05, 0) is 24.3 Å².